The Kier molecular flexibility index (Phi) is 8.65. The average molecular weight is 560 g/mol. The zero-order valence-corrected chi connectivity index (χ0v) is 21.3. The van der Waals surface area contributed by atoms with Crippen molar-refractivity contribution in [2.24, 2.45) is 11.8 Å². The van der Waals surface area contributed by atoms with Crippen LogP contribution in [0.3, 0.4) is 0 Å². The van der Waals surface area contributed by atoms with E-state index in [-0.39, 0.29) is 29.9 Å². The van der Waals surface area contributed by atoms with Gasteiger partial charge in [-0.1, -0.05) is 0 Å². The molecule has 1 aliphatic carbocycles. The molecule has 0 aromatic carbocycles. The lowest BCUT2D eigenvalue weighted by atomic mass is 9.92. The molecule has 4 rings (SSSR count). The first-order valence-electron chi connectivity index (χ1n) is 12.6. The summed E-state index contributed by atoms with van der Waals surface area (Å²) in [6.07, 6.45) is 0.365. The van der Waals surface area contributed by atoms with E-state index in [0.29, 0.717) is 50.0 Å². The molecule has 2 aliphatic rings. The monoisotopic (exact) mass is 559 g/mol. The van der Waals surface area contributed by atoms with Crippen LogP contribution in [0.2, 0.25) is 0 Å². The van der Waals surface area contributed by atoms with Crippen LogP contribution in [0.4, 0.5) is 27.6 Å². The van der Waals surface area contributed by atoms with Gasteiger partial charge in [-0.2, -0.15) is 22.0 Å². The number of hydrogen-bond acceptors (Lipinski definition) is 7. The van der Waals surface area contributed by atoms with E-state index in [1.807, 2.05) is 11.0 Å². The molecule has 0 bridgehead atoms. The predicted molar refractivity (Wildman–Crippen MR) is 130 cm³/mol. The molecule has 1 aliphatic heterocycles. The molecule has 1 unspecified atom stereocenters. The van der Waals surface area contributed by atoms with E-state index in [4.69, 9.17) is 14.2 Å². The third-order valence-corrected chi connectivity index (χ3v) is 7.05. The minimum absolute atomic E-state index is 0.0614. The molecule has 0 amide bonds. The molecule has 39 heavy (non-hydrogen) atoms. The number of piperidine rings is 1. The van der Waals surface area contributed by atoms with Crippen molar-refractivity contribution in [3.8, 4) is 17.5 Å². The number of alkyl halides is 5. The molecule has 2 fully saturated rings. The van der Waals surface area contributed by atoms with E-state index >= 15 is 0 Å². The molecule has 2 aromatic rings. The van der Waals surface area contributed by atoms with Crippen LogP contribution in [0, 0.1) is 11.8 Å². The summed E-state index contributed by atoms with van der Waals surface area (Å²) in [6, 6.07) is 5.07. The van der Waals surface area contributed by atoms with Crippen LogP contribution in [0.1, 0.15) is 43.6 Å². The van der Waals surface area contributed by atoms with Crippen molar-refractivity contribution in [3.63, 3.8) is 0 Å². The zero-order chi connectivity index (χ0) is 28.2. The molecular weight excluding hydrogens is 529 g/mol. The van der Waals surface area contributed by atoms with Crippen molar-refractivity contribution in [3.05, 3.63) is 36.2 Å². The number of nitrogens with zero attached hydrogens (tertiary/aromatic N) is 3. The summed E-state index contributed by atoms with van der Waals surface area (Å²) < 4.78 is 80.5. The van der Waals surface area contributed by atoms with Gasteiger partial charge in [0.2, 0.25) is 11.8 Å². The van der Waals surface area contributed by atoms with Crippen molar-refractivity contribution in [2.75, 3.05) is 38.3 Å². The Bertz CT molecular complexity index is 1140. The third kappa shape index (κ3) is 7.39. The van der Waals surface area contributed by atoms with Crippen molar-refractivity contribution in [2.45, 2.75) is 50.1 Å². The second kappa shape index (κ2) is 11.8. The number of carboxylic acid groups (broad SMARTS) is 1. The van der Waals surface area contributed by atoms with Gasteiger partial charge in [-0.25, -0.2) is 9.97 Å². The highest BCUT2D eigenvalue weighted by molar-refractivity contribution is 5.68. The molecule has 214 valence electrons. The Morgan fingerprint density at radius 3 is 2.41 bits per heavy atom. The first kappa shape index (κ1) is 28.6. The van der Waals surface area contributed by atoms with Gasteiger partial charge in [0.05, 0.1) is 32.0 Å². The Hall–Kier alpha value is -3.38. The normalized spacial score (nSPS) is 17.5. The number of rotatable bonds is 12. The summed E-state index contributed by atoms with van der Waals surface area (Å²) in [5, 5.41) is 9.27. The lowest BCUT2D eigenvalue weighted by Gasteiger charge is -2.34. The van der Waals surface area contributed by atoms with Gasteiger partial charge in [-0.05, 0) is 55.1 Å². The topological polar surface area (TPSA) is 94.0 Å². The number of ether oxygens (including phenoxy) is 3. The highest BCUT2D eigenvalue weighted by Crippen LogP contribution is 2.45. The van der Waals surface area contributed by atoms with Crippen LogP contribution in [0.5, 0.6) is 17.5 Å². The smallest absolute Gasteiger partial charge is 0.456 e. The fraction of sp³-hybridized carbons (Fsp3) is 0.577. The number of anilines is 1. The highest BCUT2D eigenvalue weighted by Gasteiger charge is 2.58. The van der Waals surface area contributed by atoms with Crippen molar-refractivity contribution in [1.82, 2.24) is 9.97 Å². The van der Waals surface area contributed by atoms with E-state index in [2.05, 4.69) is 9.97 Å². The predicted octanol–water partition coefficient (Wildman–Crippen LogP) is 5.33. The van der Waals surface area contributed by atoms with E-state index in [1.165, 1.54) is 13.2 Å². The maximum absolute atomic E-state index is 13.4. The molecule has 2 aromatic heterocycles. The number of aromatic nitrogens is 2. The van der Waals surface area contributed by atoms with Crippen LogP contribution < -0.4 is 19.1 Å². The molecule has 13 heteroatoms. The van der Waals surface area contributed by atoms with Gasteiger partial charge in [0.15, 0.2) is 12.4 Å². The van der Waals surface area contributed by atoms with Crippen LogP contribution in [-0.4, -0.2) is 66.6 Å². The molecule has 0 spiro atoms. The summed E-state index contributed by atoms with van der Waals surface area (Å²) in [5.74, 6) is -5.01. The van der Waals surface area contributed by atoms with Gasteiger partial charge in [-0.15, -0.1) is 0 Å². The molecule has 8 nitrogen and oxygen atoms in total. The van der Waals surface area contributed by atoms with Crippen molar-refractivity contribution in [1.29, 1.82) is 0 Å². The van der Waals surface area contributed by atoms with Crippen molar-refractivity contribution < 1.29 is 46.1 Å². The van der Waals surface area contributed by atoms with Crippen molar-refractivity contribution >= 4 is 11.7 Å². The number of carboxylic acids is 1. The summed E-state index contributed by atoms with van der Waals surface area (Å²) >= 11 is 0. The molecular formula is C26H30F5N3O5. The van der Waals surface area contributed by atoms with Crippen LogP contribution in [0.15, 0.2) is 30.6 Å². The first-order valence-corrected chi connectivity index (χ1v) is 12.6. The van der Waals surface area contributed by atoms with E-state index in [0.717, 1.165) is 24.6 Å². The maximum atomic E-state index is 13.4. The fourth-order valence-electron chi connectivity index (χ4n) is 4.66. The number of methoxy groups -OCH3 is 1. The lowest BCUT2D eigenvalue weighted by Crippen LogP contribution is -2.42. The van der Waals surface area contributed by atoms with Gasteiger partial charge < -0.3 is 24.2 Å². The Morgan fingerprint density at radius 2 is 1.79 bits per heavy atom. The number of hydrogen-bond donors (Lipinski definition) is 1. The minimum Gasteiger partial charge on any atom is -0.483 e. The highest BCUT2D eigenvalue weighted by atomic mass is 19.4. The number of carbonyl (C=O) groups is 1. The van der Waals surface area contributed by atoms with Gasteiger partial charge in [0.25, 0.3) is 0 Å². The minimum atomic E-state index is -5.73. The summed E-state index contributed by atoms with van der Waals surface area (Å²) in [7, 11) is 1.37. The lowest BCUT2D eigenvalue weighted by molar-refractivity contribution is -0.289. The van der Waals surface area contributed by atoms with Crippen LogP contribution >= 0.6 is 0 Å². The van der Waals surface area contributed by atoms with E-state index in [9.17, 15) is 31.9 Å². The Balaban J connectivity index is 1.35. The largest absolute Gasteiger partial charge is 0.483 e. The van der Waals surface area contributed by atoms with Gasteiger partial charge >= 0.3 is 18.1 Å². The Morgan fingerprint density at radius 1 is 1.08 bits per heavy atom. The molecule has 0 radical (unpaired) electrons. The average Bonchev–Trinajstić information content (AvgIpc) is 3.74. The number of pyridine rings is 2. The standard InChI is InChI=1S/C26H30F5N3O5/c1-37-22-12-20(21(13-33-22)39-15-25(27,28)26(29,30)31)34-8-5-16(6-9-34)14-38-23-10-18(4-7-32-23)19(11-24(35)36)17-2-3-17/h4,7,10,12-13,16-17,19H,2-3,5-6,8-9,11,14-15H2,1H3,(H,35,36). The molecule has 1 saturated heterocycles. The summed E-state index contributed by atoms with van der Waals surface area (Å²) in [4.78, 5) is 21.3. The number of aliphatic carboxylic acids is 1. The van der Waals surface area contributed by atoms with Crippen LogP contribution in [-0.2, 0) is 4.79 Å². The SMILES string of the molecule is COc1cc(N2CCC(COc3cc(C(CC(=O)O)C4CC4)ccn3)CC2)c(OCC(F)(F)C(F)(F)F)cn1. The number of halogens is 5. The van der Waals surface area contributed by atoms with Gasteiger partial charge in [0.1, 0.15) is 0 Å². The van der Waals surface area contributed by atoms with E-state index < -0.39 is 24.7 Å². The Labute approximate surface area is 222 Å². The molecule has 3 heterocycles. The van der Waals surface area contributed by atoms with Crippen LogP contribution in [0.25, 0.3) is 0 Å². The maximum Gasteiger partial charge on any atom is 0.456 e. The second-order valence-electron chi connectivity index (χ2n) is 9.90. The quantitative estimate of drug-likeness (QED) is 0.349. The zero-order valence-electron chi connectivity index (χ0n) is 21.3. The van der Waals surface area contributed by atoms with E-state index in [1.54, 1.807) is 12.3 Å². The molecule has 1 N–H and O–H groups in total. The third-order valence-electron chi connectivity index (χ3n) is 7.05. The fourth-order valence-corrected chi connectivity index (χ4v) is 4.66. The molecule has 1 atom stereocenters. The summed E-state index contributed by atoms with van der Waals surface area (Å²) in [5.41, 5.74) is 1.22. The van der Waals surface area contributed by atoms with Gasteiger partial charge in [0, 0.05) is 31.4 Å². The van der Waals surface area contributed by atoms with Gasteiger partial charge in [-0.3, -0.25) is 4.79 Å². The second-order valence-corrected chi connectivity index (χ2v) is 9.90. The molecule has 1 saturated carbocycles. The first-order chi connectivity index (χ1) is 18.5. The summed E-state index contributed by atoms with van der Waals surface area (Å²) in [6.45, 7) is -0.536.